The number of nitrogens with zero attached hydrogens (tertiary/aromatic N) is 3. The Bertz CT molecular complexity index is 609. The minimum absolute atomic E-state index is 0.0521. The van der Waals surface area contributed by atoms with E-state index in [1.165, 1.54) is 4.31 Å². The molecule has 1 fully saturated rings. The lowest BCUT2D eigenvalue weighted by molar-refractivity contribution is -0.131. The summed E-state index contributed by atoms with van der Waals surface area (Å²) in [6, 6.07) is 0. The van der Waals surface area contributed by atoms with Crippen LogP contribution in [0, 0.1) is 6.92 Å². The van der Waals surface area contributed by atoms with Crippen molar-refractivity contribution in [3.8, 4) is 0 Å². The molecule has 0 radical (unpaired) electrons. The molecule has 0 aromatic carbocycles. The summed E-state index contributed by atoms with van der Waals surface area (Å²) in [7, 11) is -3.68. The second-order valence-electron chi connectivity index (χ2n) is 5.89. The molecule has 2 rings (SSSR count). The zero-order valence-electron chi connectivity index (χ0n) is 12.9. The highest BCUT2D eigenvalue weighted by molar-refractivity contribution is 7.89. The van der Waals surface area contributed by atoms with Gasteiger partial charge in [0.05, 0.1) is 18.3 Å². The Labute approximate surface area is 125 Å². The topological polar surface area (TPSA) is 84.7 Å². The Kier molecular flexibility index (Phi) is 4.44. The largest absolute Gasteiger partial charge is 0.394 e. The predicted molar refractivity (Wildman–Crippen MR) is 77.4 cm³/mol. The highest BCUT2D eigenvalue weighted by atomic mass is 32.2. The number of aliphatic hydroxyl groups is 1. The fourth-order valence-electron chi connectivity index (χ4n) is 2.58. The zero-order valence-corrected chi connectivity index (χ0v) is 13.7. The summed E-state index contributed by atoms with van der Waals surface area (Å²) in [4.78, 5) is 4.16. The van der Waals surface area contributed by atoms with Crippen molar-refractivity contribution in [1.29, 1.82) is 0 Å². The van der Waals surface area contributed by atoms with E-state index >= 15 is 0 Å². The van der Waals surface area contributed by atoms with E-state index in [9.17, 15) is 13.5 Å². The molecule has 1 N–H and O–H groups in total. The van der Waals surface area contributed by atoms with E-state index in [1.54, 1.807) is 17.7 Å². The average Bonchev–Trinajstić information content (AvgIpc) is 2.78. The Balaban J connectivity index is 2.33. The summed E-state index contributed by atoms with van der Waals surface area (Å²) in [5, 5.41) is 9.35. The number of hydrogen-bond donors (Lipinski definition) is 1. The number of morpholine rings is 1. The van der Waals surface area contributed by atoms with Gasteiger partial charge in [0, 0.05) is 25.8 Å². The maximum atomic E-state index is 12.7. The SMILES string of the molecule is CCn1cc(S(=O)(=O)N2CC(CO)OC(C)(C)C2)nc1C. The Morgan fingerprint density at radius 1 is 1.52 bits per heavy atom. The van der Waals surface area contributed by atoms with Crippen molar-refractivity contribution in [2.45, 2.75) is 51.0 Å². The molecule has 120 valence electrons. The number of ether oxygens (including phenoxy) is 1. The Morgan fingerprint density at radius 3 is 2.71 bits per heavy atom. The molecule has 1 aliphatic heterocycles. The van der Waals surface area contributed by atoms with Crippen LogP contribution in [0.4, 0.5) is 0 Å². The summed E-state index contributed by atoms with van der Waals surface area (Å²) in [6.07, 6.45) is 1.04. The Morgan fingerprint density at radius 2 is 2.19 bits per heavy atom. The molecule has 2 heterocycles. The molecule has 0 saturated carbocycles. The maximum Gasteiger partial charge on any atom is 0.262 e. The van der Waals surface area contributed by atoms with Gasteiger partial charge in [-0.25, -0.2) is 13.4 Å². The van der Waals surface area contributed by atoms with E-state index in [-0.39, 0.29) is 24.7 Å². The monoisotopic (exact) mass is 317 g/mol. The molecule has 0 amide bonds. The van der Waals surface area contributed by atoms with E-state index in [2.05, 4.69) is 4.98 Å². The fraction of sp³-hybridized carbons (Fsp3) is 0.769. The van der Waals surface area contributed by atoms with Gasteiger partial charge in [-0.3, -0.25) is 0 Å². The van der Waals surface area contributed by atoms with Gasteiger partial charge in [0.25, 0.3) is 10.0 Å². The van der Waals surface area contributed by atoms with E-state index in [1.807, 2.05) is 20.8 Å². The van der Waals surface area contributed by atoms with Crippen molar-refractivity contribution in [3.63, 3.8) is 0 Å². The average molecular weight is 317 g/mol. The van der Waals surface area contributed by atoms with Crippen LogP contribution in [0.3, 0.4) is 0 Å². The number of aromatic nitrogens is 2. The molecular formula is C13H23N3O4S. The fourth-order valence-corrected chi connectivity index (χ4v) is 4.19. The summed E-state index contributed by atoms with van der Waals surface area (Å²) < 4.78 is 34.3. The van der Waals surface area contributed by atoms with Gasteiger partial charge < -0.3 is 14.4 Å². The lowest BCUT2D eigenvalue weighted by Gasteiger charge is -2.41. The highest BCUT2D eigenvalue weighted by Gasteiger charge is 2.40. The third-order valence-corrected chi connectivity index (χ3v) is 5.24. The standard InChI is InChI=1S/C13H23N3O4S/c1-5-15-7-12(14-10(15)2)21(18,19)16-6-11(8-17)20-13(3,4)9-16/h7,11,17H,5-6,8-9H2,1-4H3. The third kappa shape index (κ3) is 3.28. The van der Waals surface area contributed by atoms with Crippen LogP contribution >= 0.6 is 0 Å². The number of rotatable bonds is 4. The molecule has 8 heteroatoms. The third-order valence-electron chi connectivity index (χ3n) is 3.55. The maximum absolute atomic E-state index is 12.7. The van der Waals surface area contributed by atoms with Gasteiger partial charge in [-0.15, -0.1) is 0 Å². The van der Waals surface area contributed by atoms with E-state index in [0.29, 0.717) is 12.4 Å². The predicted octanol–water partition coefficient (Wildman–Crippen LogP) is 0.372. The molecule has 0 bridgehead atoms. The quantitative estimate of drug-likeness (QED) is 0.867. The molecule has 1 aromatic rings. The van der Waals surface area contributed by atoms with E-state index in [0.717, 1.165) is 0 Å². The lowest BCUT2D eigenvalue weighted by Crippen LogP contribution is -2.55. The zero-order chi connectivity index (χ0) is 15.8. The number of imidazole rings is 1. The van der Waals surface area contributed by atoms with Crippen molar-refractivity contribution < 1.29 is 18.3 Å². The number of hydrogen-bond acceptors (Lipinski definition) is 5. The van der Waals surface area contributed by atoms with Crippen molar-refractivity contribution in [2.75, 3.05) is 19.7 Å². The first-order chi connectivity index (χ1) is 9.69. The number of sulfonamides is 1. The normalized spacial score (nSPS) is 23.4. The molecule has 0 aliphatic carbocycles. The first-order valence-corrected chi connectivity index (χ1v) is 8.46. The van der Waals surface area contributed by atoms with Crippen LogP contribution < -0.4 is 0 Å². The van der Waals surface area contributed by atoms with Crippen molar-refractivity contribution in [2.24, 2.45) is 0 Å². The number of aliphatic hydroxyl groups excluding tert-OH is 1. The van der Waals surface area contributed by atoms with Crippen LogP contribution in [0.25, 0.3) is 0 Å². The van der Waals surface area contributed by atoms with Gasteiger partial charge in [0.2, 0.25) is 0 Å². The van der Waals surface area contributed by atoms with Crippen molar-refractivity contribution >= 4 is 10.0 Å². The van der Waals surface area contributed by atoms with Gasteiger partial charge >= 0.3 is 0 Å². The molecule has 1 aromatic heterocycles. The molecule has 21 heavy (non-hydrogen) atoms. The van der Waals surface area contributed by atoms with Gasteiger partial charge in [0.1, 0.15) is 5.82 Å². The van der Waals surface area contributed by atoms with Gasteiger partial charge in [-0.2, -0.15) is 4.31 Å². The highest BCUT2D eigenvalue weighted by Crippen LogP contribution is 2.26. The first-order valence-electron chi connectivity index (χ1n) is 7.02. The number of aryl methyl sites for hydroxylation is 2. The van der Waals surface area contributed by atoms with Crippen LogP contribution in [-0.4, -0.2) is 58.8 Å². The molecule has 0 spiro atoms. The van der Waals surface area contributed by atoms with Crippen LogP contribution in [0.15, 0.2) is 11.2 Å². The smallest absolute Gasteiger partial charge is 0.262 e. The van der Waals surface area contributed by atoms with Crippen LogP contribution in [0.1, 0.15) is 26.6 Å². The molecule has 1 atom stereocenters. The summed E-state index contributed by atoms with van der Waals surface area (Å²) in [5.41, 5.74) is -0.638. The van der Waals surface area contributed by atoms with E-state index in [4.69, 9.17) is 4.74 Å². The van der Waals surface area contributed by atoms with Crippen molar-refractivity contribution in [3.05, 3.63) is 12.0 Å². The summed E-state index contributed by atoms with van der Waals surface area (Å²) >= 11 is 0. The molecule has 1 aliphatic rings. The summed E-state index contributed by atoms with van der Waals surface area (Å²) in [6.45, 7) is 8.18. The Hall–Kier alpha value is -0.960. The van der Waals surface area contributed by atoms with Gasteiger partial charge in [0.15, 0.2) is 5.03 Å². The molecular weight excluding hydrogens is 294 g/mol. The summed E-state index contributed by atoms with van der Waals surface area (Å²) in [5.74, 6) is 0.669. The van der Waals surface area contributed by atoms with E-state index < -0.39 is 21.7 Å². The molecule has 1 unspecified atom stereocenters. The first kappa shape index (κ1) is 16.4. The second kappa shape index (κ2) is 5.68. The van der Waals surface area contributed by atoms with Gasteiger partial charge in [-0.1, -0.05) is 0 Å². The van der Waals surface area contributed by atoms with Crippen LogP contribution in [0.5, 0.6) is 0 Å². The van der Waals surface area contributed by atoms with Gasteiger partial charge in [-0.05, 0) is 27.7 Å². The van der Waals surface area contributed by atoms with Crippen LogP contribution in [-0.2, 0) is 21.3 Å². The minimum atomic E-state index is -3.68. The minimum Gasteiger partial charge on any atom is -0.394 e. The molecule has 1 saturated heterocycles. The van der Waals surface area contributed by atoms with Crippen LogP contribution in [0.2, 0.25) is 0 Å². The lowest BCUT2D eigenvalue weighted by atomic mass is 10.1. The molecule has 7 nitrogen and oxygen atoms in total. The van der Waals surface area contributed by atoms with Crippen molar-refractivity contribution in [1.82, 2.24) is 13.9 Å². The second-order valence-corrected chi connectivity index (χ2v) is 7.78.